The predicted octanol–water partition coefficient (Wildman–Crippen LogP) is 2.38. The number of ether oxygens (including phenoxy) is 1. The molecule has 4 rings (SSSR count). The van der Waals surface area contributed by atoms with E-state index in [0.29, 0.717) is 23.2 Å². The second kappa shape index (κ2) is 5.56. The molecular weight excluding hydrogens is 296 g/mol. The number of benzene rings is 1. The lowest BCUT2D eigenvalue weighted by Crippen LogP contribution is -2.16. The van der Waals surface area contributed by atoms with Crippen molar-refractivity contribution in [3.8, 4) is 11.8 Å². The van der Waals surface area contributed by atoms with Crippen molar-refractivity contribution in [2.24, 2.45) is 0 Å². The molecule has 1 aliphatic rings. The quantitative estimate of drug-likeness (QED) is 0.754. The van der Waals surface area contributed by atoms with Gasteiger partial charge in [0.1, 0.15) is 11.4 Å². The Morgan fingerprint density at radius 1 is 1.26 bits per heavy atom. The maximum atomic E-state index is 12.4. The topological polar surface area (TPSA) is 97.7 Å². The summed E-state index contributed by atoms with van der Waals surface area (Å²) in [5.41, 5.74) is 1.37. The van der Waals surface area contributed by atoms with Crippen molar-refractivity contribution in [1.82, 2.24) is 25.2 Å². The number of aromatic nitrogens is 5. The number of H-pyrrole nitrogens is 1. The van der Waals surface area contributed by atoms with Gasteiger partial charge in [0.15, 0.2) is 0 Å². The van der Waals surface area contributed by atoms with Gasteiger partial charge in [-0.25, -0.2) is 0 Å². The van der Waals surface area contributed by atoms with Gasteiger partial charge in [-0.2, -0.15) is 5.21 Å². The largest absolute Gasteiger partial charge is 0.422 e. The molecule has 0 spiro atoms. The number of amides is 1. The number of carbonyl (C=O) groups is 1. The van der Waals surface area contributed by atoms with Gasteiger partial charge in [-0.1, -0.05) is 10.2 Å². The Morgan fingerprint density at radius 2 is 2.09 bits per heavy atom. The first-order valence-corrected chi connectivity index (χ1v) is 7.29. The van der Waals surface area contributed by atoms with Crippen LogP contribution in [-0.4, -0.2) is 31.1 Å². The van der Waals surface area contributed by atoms with Crippen LogP contribution in [0.4, 0.5) is 5.69 Å². The molecule has 0 saturated heterocycles. The third-order valence-electron chi connectivity index (χ3n) is 3.60. The van der Waals surface area contributed by atoms with E-state index in [2.05, 4.69) is 25.9 Å². The first kappa shape index (κ1) is 13.5. The second-order valence-electron chi connectivity index (χ2n) is 5.31. The normalized spacial score (nSPS) is 13.7. The predicted molar refractivity (Wildman–Crippen MR) is 81.3 cm³/mol. The first-order chi connectivity index (χ1) is 11.3. The van der Waals surface area contributed by atoms with Crippen molar-refractivity contribution in [1.29, 1.82) is 0 Å². The maximum absolute atomic E-state index is 12.4. The van der Waals surface area contributed by atoms with Gasteiger partial charge in [-0.3, -0.25) is 4.79 Å². The van der Waals surface area contributed by atoms with Crippen molar-refractivity contribution in [3.63, 3.8) is 0 Å². The van der Waals surface area contributed by atoms with E-state index >= 15 is 0 Å². The van der Waals surface area contributed by atoms with Crippen LogP contribution in [0.5, 0.6) is 11.8 Å². The van der Waals surface area contributed by atoms with Gasteiger partial charge in [0.25, 0.3) is 5.91 Å². The number of tetrazole rings is 1. The zero-order valence-corrected chi connectivity index (χ0v) is 12.1. The molecule has 8 nitrogen and oxygen atoms in total. The molecule has 1 saturated carbocycles. The van der Waals surface area contributed by atoms with Crippen LogP contribution < -0.4 is 10.1 Å². The van der Waals surface area contributed by atoms with E-state index in [1.165, 1.54) is 0 Å². The number of nitrogens with zero attached hydrogens (tertiary/aromatic N) is 4. The van der Waals surface area contributed by atoms with Gasteiger partial charge in [0, 0.05) is 17.9 Å². The van der Waals surface area contributed by atoms with Gasteiger partial charge in [-0.05, 0) is 54.5 Å². The van der Waals surface area contributed by atoms with Crippen LogP contribution in [0, 0.1) is 0 Å². The van der Waals surface area contributed by atoms with E-state index in [-0.39, 0.29) is 11.9 Å². The summed E-state index contributed by atoms with van der Waals surface area (Å²) < 4.78 is 7.41. The number of nitrogens with one attached hydrogen (secondary N) is 2. The van der Waals surface area contributed by atoms with Crippen molar-refractivity contribution in [3.05, 3.63) is 48.3 Å². The molecule has 116 valence electrons. The van der Waals surface area contributed by atoms with Gasteiger partial charge in [0.2, 0.25) is 0 Å². The van der Waals surface area contributed by atoms with Crippen LogP contribution in [-0.2, 0) is 0 Å². The zero-order chi connectivity index (χ0) is 15.6. The monoisotopic (exact) mass is 310 g/mol. The summed E-state index contributed by atoms with van der Waals surface area (Å²) in [5, 5.41) is 16.0. The zero-order valence-electron chi connectivity index (χ0n) is 12.1. The minimum Gasteiger partial charge on any atom is -0.422 e. The molecule has 0 aliphatic heterocycles. The number of hydrogen-bond donors (Lipinski definition) is 2. The highest BCUT2D eigenvalue weighted by atomic mass is 16.5. The van der Waals surface area contributed by atoms with Crippen molar-refractivity contribution in [2.75, 3.05) is 5.32 Å². The standard InChI is InChI=1S/C15H14N6O2/c22-14(13-2-1-9-21(13)11-5-6-11)16-10-3-7-12(8-4-10)23-15-17-19-20-18-15/h1-4,7-9,11H,5-6H2,(H,16,22)(H,17,18,19,20). The van der Waals surface area contributed by atoms with Crippen LogP contribution in [0.25, 0.3) is 0 Å². The molecule has 8 heteroatoms. The van der Waals surface area contributed by atoms with Gasteiger partial charge < -0.3 is 14.6 Å². The lowest BCUT2D eigenvalue weighted by atomic mass is 10.3. The summed E-state index contributed by atoms with van der Waals surface area (Å²) in [6, 6.07) is 11.3. The molecule has 2 aromatic heterocycles. The van der Waals surface area contributed by atoms with Crippen LogP contribution in [0.1, 0.15) is 29.4 Å². The van der Waals surface area contributed by atoms with E-state index in [1.807, 2.05) is 22.9 Å². The van der Waals surface area contributed by atoms with Crippen LogP contribution in [0.2, 0.25) is 0 Å². The summed E-state index contributed by atoms with van der Waals surface area (Å²) in [4.78, 5) is 12.4. The van der Waals surface area contributed by atoms with Crippen molar-refractivity contribution < 1.29 is 9.53 Å². The van der Waals surface area contributed by atoms with Gasteiger partial charge in [-0.15, -0.1) is 0 Å². The highest BCUT2D eigenvalue weighted by molar-refractivity contribution is 6.03. The highest BCUT2D eigenvalue weighted by Gasteiger charge is 2.26. The Bertz CT molecular complexity index is 805. The molecule has 1 amide bonds. The van der Waals surface area contributed by atoms with Crippen LogP contribution in [0.3, 0.4) is 0 Å². The lowest BCUT2D eigenvalue weighted by molar-refractivity contribution is 0.101. The minimum absolute atomic E-state index is 0.117. The third kappa shape index (κ3) is 2.91. The second-order valence-corrected chi connectivity index (χ2v) is 5.31. The molecular formula is C15H14N6O2. The molecule has 3 aromatic rings. The number of rotatable bonds is 5. The third-order valence-corrected chi connectivity index (χ3v) is 3.60. The first-order valence-electron chi connectivity index (χ1n) is 7.29. The minimum atomic E-state index is -0.117. The number of aromatic amines is 1. The van der Waals surface area contributed by atoms with E-state index in [0.717, 1.165) is 12.8 Å². The maximum Gasteiger partial charge on any atom is 0.361 e. The van der Waals surface area contributed by atoms with E-state index < -0.39 is 0 Å². The van der Waals surface area contributed by atoms with Crippen molar-refractivity contribution >= 4 is 11.6 Å². The molecule has 2 heterocycles. The fraction of sp³-hybridized carbons (Fsp3) is 0.200. The molecule has 1 aromatic carbocycles. The van der Waals surface area contributed by atoms with E-state index in [9.17, 15) is 4.79 Å². The number of hydrogen-bond acceptors (Lipinski definition) is 5. The number of carbonyl (C=O) groups excluding carboxylic acids is 1. The van der Waals surface area contributed by atoms with Gasteiger partial charge in [0.05, 0.1) is 0 Å². The summed E-state index contributed by atoms with van der Waals surface area (Å²) in [7, 11) is 0. The smallest absolute Gasteiger partial charge is 0.361 e. The van der Waals surface area contributed by atoms with E-state index in [4.69, 9.17) is 4.74 Å². The average Bonchev–Trinajstić information content (AvgIpc) is 3.07. The summed E-state index contributed by atoms with van der Waals surface area (Å²) in [5.74, 6) is 0.444. The van der Waals surface area contributed by atoms with Crippen LogP contribution >= 0.6 is 0 Å². The molecule has 23 heavy (non-hydrogen) atoms. The fourth-order valence-electron chi connectivity index (χ4n) is 2.36. The van der Waals surface area contributed by atoms with Crippen LogP contribution in [0.15, 0.2) is 42.6 Å². The molecule has 0 atom stereocenters. The Balaban J connectivity index is 1.44. The van der Waals surface area contributed by atoms with E-state index in [1.54, 1.807) is 24.3 Å². The molecule has 1 fully saturated rings. The Hall–Kier alpha value is -3.16. The van der Waals surface area contributed by atoms with Crippen molar-refractivity contribution in [2.45, 2.75) is 18.9 Å². The number of anilines is 1. The summed E-state index contributed by atoms with van der Waals surface area (Å²) >= 11 is 0. The Labute approximate surface area is 131 Å². The highest BCUT2D eigenvalue weighted by Crippen LogP contribution is 2.36. The summed E-state index contributed by atoms with van der Waals surface area (Å²) in [6.07, 6.45) is 4.22. The Kier molecular flexibility index (Phi) is 3.26. The summed E-state index contributed by atoms with van der Waals surface area (Å²) in [6.45, 7) is 0. The SMILES string of the molecule is O=C(Nc1ccc(Oc2nn[nH]n2)cc1)c1cccn1C1CC1. The molecule has 1 aliphatic carbocycles. The average molecular weight is 310 g/mol. The molecule has 0 radical (unpaired) electrons. The molecule has 0 unspecified atom stereocenters. The molecule has 0 bridgehead atoms. The van der Waals surface area contributed by atoms with Gasteiger partial charge >= 0.3 is 6.01 Å². The Morgan fingerprint density at radius 3 is 2.78 bits per heavy atom. The lowest BCUT2D eigenvalue weighted by Gasteiger charge is -2.09. The molecule has 2 N–H and O–H groups in total. The fourth-order valence-corrected chi connectivity index (χ4v) is 2.36.